The molecular formula is C23H18F3N3O3S. The van der Waals surface area contributed by atoms with Crippen molar-refractivity contribution in [2.45, 2.75) is 17.8 Å². The van der Waals surface area contributed by atoms with Crippen LogP contribution < -0.4 is 9.46 Å². The molecule has 33 heavy (non-hydrogen) atoms. The van der Waals surface area contributed by atoms with Crippen LogP contribution >= 0.6 is 0 Å². The lowest BCUT2D eigenvalue weighted by atomic mass is 10.2. The lowest BCUT2D eigenvalue weighted by molar-refractivity contribution is -0.274. The zero-order chi connectivity index (χ0) is 23.5. The topological polar surface area (TPSA) is 73.2 Å². The van der Waals surface area contributed by atoms with E-state index in [1.54, 1.807) is 24.3 Å². The second-order valence-corrected chi connectivity index (χ2v) is 8.72. The van der Waals surface area contributed by atoms with E-state index in [2.05, 4.69) is 14.6 Å². The van der Waals surface area contributed by atoms with Gasteiger partial charge in [0.2, 0.25) is 0 Å². The summed E-state index contributed by atoms with van der Waals surface area (Å²) in [6.45, 7) is 0.361. The summed E-state index contributed by atoms with van der Waals surface area (Å²) in [7, 11) is -4.11. The highest BCUT2D eigenvalue weighted by molar-refractivity contribution is 7.92. The normalized spacial score (nSPS) is 11.8. The summed E-state index contributed by atoms with van der Waals surface area (Å²) < 4.78 is 71.2. The van der Waals surface area contributed by atoms with E-state index < -0.39 is 22.1 Å². The van der Waals surface area contributed by atoms with Crippen LogP contribution in [0.4, 0.5) is 18.9 Å². The van der Waals surface area contributed by atoms with Crippen molar-refractivity contribution >= 4 is 15.7 Å². The van der Waals surface area contributed by atoms with Crippen LogP contribution in [0, 0.1) is 0 Å². The zero-order valence-electron chi connectivity index (χ0n) is 17.0. The number of hydrogen-bond acceptors (Lipinski definition) is 4. The summed E-state index contributed by atoms with van der Waals surface area (Å²) in [5, 5.41) is 4.49. The Morgan fingerprint density at radius 3 is 2.09 bits per heavy atom. The second-order valence-electron chi connectivity index (χ2n) is 7.07. The Bertz CT molecular complexity index is 1320. The molecule has 0 amide bonds. The molecule has 10 heteroatoms. The zero-order valence-corrected chi connectivity index (χ0v) is 17.8. The Hall–Kier alpha value is -3.79. The maximum atomic E-state index is 13.2. The van der Waals surface area contributed by atoms with Crippen molar-refractivity contribution in [3.05, 3.63) is 96.7 Å². The van der Waals surface area contributed by atoms with E-state index in [-0.39, 0.29) is 16.3 Å². The first-order valence-corrected chi connectivity index (χ1v) is 11.2. The molecule has 170 valence electrons. The minimum absolute atomic E-state index is 0.0553. The monoisotopic (exact) mass is 473 g/mol. The van der Waals surface area contributed by atoms with Gasteiger partial charge in [-0.2, -0.15) is 5.10 Å². The van der Waals surface area contributed by atoms with Gasteiger partial charge in [-0.3, -0.25) is 9.40 Å². The fourth-order valence-corrected chi connectivity index (χ4v) is 4.41. The highest BCUT2D eigenvalue weighted by Gasteiger charge is 2.31. The molecule has 0 aliphatic rings. The summed E-state index contributed by atoms with van der Waals surface area (Å²) in [5.74, 6) is -0.453. The van der Waals surface area contributed by atoms with Crippen molar-refractivity contribution in [1.82, 2.24) is 9.78 Å². The van der Waals surface area contributed by atoms with E-state index in [0.717, 1.165) is 17.7 Å². The molecule has 3 aromatic carbocycles. The average Bonchev–Trinajstić information content (AvgIpc) is 3.20. The van der Waals surface area contributed by atoms with E-state index in [1.807, 2.05) is 36.4 Å². The number of benzene rings is 3. The number of hydrogen-bond donors (Lipinski definition) is 1. The predicted molar refractivity (Wildman–Crippen MR) is 117 cm³/mol. The molecule has 1 aromatic heterocycles. The lowest BCUT2D eigenvalue weighted by Gasteiger charge is -2.11. The quantitative estimate of drug-likeness (QED) is 0.396. The number of nitrogens with zero attached hydrogens (tertiary/aromatic N) is 2. The Morgan fingerprint density at radius 1 is 0.879 bits per heavy atom. The number of anilines is 1. The van der Waals surface area contributed by atoms with Gasteiger partial charge in [-0.1, -0.05) is 60.7 Å². The maximum Gasteiger partial charge on any atom is 0.573 e. The molecular weight excluding hydrogens is 455 g/mol. The number of ether oxygens (including phenoxy) is 1. The van der Waals surface area contributed by atoms with Crippen molar-refractivity contribution in [3.8, 4) is 17.0 Å². The first-order valence-electron chi connectivity index (χ1n) is 9.75. The summed E-state index contributed by atoms with van der Waals surface area (Å²) in [6.07, 6.45) is -3.41. The van der Waals surface area contributed by atoms with Crippen molar-refractivity contribution < 1.29 is 26.3 Å². The number of aromatic nitrogens is 2. The van der Waals surface area contributed by atoms with Gasteiger partial charge in [-0.25, -0.2) is 8.42 Å². The number of halogens is 3. The smallest absolute Gasteiger partial charge is 0.406 e. The van der Waals surface area contributed by atoms with Gasteiger partial charge in [0.05, 0.1) is 6.54 Å². The summed E-state index contributed by atoms with van der Waals surface area (Å²) in [5.41, 5.74) is 1.89. The molecule has 0 bridgehead atoms. The molecule has 4 aromatic rings. The summed E-state index contributed by atoms with van der Waals surface area (Å²) >= 11 is 0. The van der Waals surface area contributed by atoms with Crippen LogP contribution in [-0.2, 0) is 16.6 Å². The molecule has 6 nitrogen and oxygen atoms in total. The molecule has 0 aliphatic carbocycles. The predicted octanol–water partition coefficient (Wildman–Crippen LogP) is 5.30. The van der Waals surface area contributed by atoms with Crippen LogP contribution in [0.3, 0.4) is 0 Å². The SMILES string of the molecule is O=S(=O)(Nc1ccc(OC(F)(F)F)cc1)c1cn(Cc2ccccc2)nc1-c1ccccc1. The van der Waals surface area contributed by atoms with Crippen LogP contribution in [0.15, 0.2) is 96.0 Å². The number of nitrogens with one attached hydrogen (secondary N) is 1. The third-order valence-corrected chi connectivity index (χ3v) is 5.97. The molecule has 0 radical (unpaired) electrons. The molecule has 4 rings (SSSR count). The van der Waals surface area contributed by atoms with E-state index in [9.17, 15) is 21.6 Å². The van der Waals surface area contributed by atoms with Crippen molar-refractivity contribution in [3.63, 3.8) is 0 Å². The van der Waals surface area contributed by atoms with Gasteiger partial charge in [0.25, 0.3) is 10.0 Å². The minimum atomic E-state index is -4.83. The van der Waals surface area contributed by atoms with Gasteiger partial charge < -0.3 is 4.74 Å². The summed E-state index contributed by atoms with van der Waals surface area (Å²) in [4.78, 5) is -0.0553. The highest BCUT2D eigenvalue weighted by Crippen LogP contribution is 2.29. The molecule has 0 atom stereocenters. The summed E-state index contributed by atoms with van der Waals surface area (Å²) in [6, 6.07) is 22.7. The second kappa shape index (κ2) is 8.99. The lowest BCUT2D eigenvalue weighted by Crippen LogP contribution is -2.17. The van der Waals surface area contributed by atoms with Crippen LogP contribution in [0.5, 0.6) is 5.75 Å². The molecule has 0 unspecified atom stereocenters. The number of sulfonamides is 1. The first kappa shape index (κ1) is 22.4. The van der Waals surface area contributed by atoms with Crippen molar-refractivity contribution in [1.29, 1.82) is 0 Å². The first-order chi connectivity index (χ1) is 15.7. The molecule has 1 N–H and O–H groups in total. The van der Waals surface area contributed by atoms with E-state index in [4.69, 9.17) is 0 Å². The Balaban J connectivity index is 1.65. The van der Waals surface area contributed by atoms with E-state index >= 15 is 0 Å². The van der Waals surface area contributed by atoms with Gasteiger partial charge in [-0.05, 0) is 29.8 Å². The van der Waals surface area contributed by atoms with Gasteiger partial charge in [0.1, 0.15) is 16.3 Å². The van der Waals surface area contributed by atoms with Gasteiger partial charge >= 0.3 is 6.36 Å². The Labute approximate surface area is 188 Å². The highest BCUT2D eigenvalue weighted by atomic mass is 32.2. The minimum Gasteiger partial charge on any atom is -0.406 e. The van der Waals surface area contributed by atoms with Crippen LogP contribution in [0.2, 0.25) is 0 Å². The molecule has 0 saturated heterocycles. The maximum absolute atomic E-state index is 13.2. The van der Waals surface area contributed by atoms with Crippen molar-refractivity contribution in [2.24, 2.45) is 0 Å². The largest absolute Gasteiger partial charge is 0.573 e. The van der Waals surface area contributed by atoms with Crippen LogP contribution in [-0.4, -0.2) is 24.6 Å². The van der Waals surface area contributed by atoms with Gasteiger partial charge in [0.15, 0.2) is 0 Å². The third-order valence-electron chi connectivity index (χ3n) is 4.59. The Kier molecular flexibility index (Phi) is 6.10. The van der Waals surface area contributed by atoms with Crippen molar-refractivity contribution in [2.75, 3.05) is 4.72 Å². The van der Waals surface area contributed by atoms with E-state index in [1.165, 1.54) is 23.0 Å². The fourth-order valence-electron chi connectivity index (χ4n) is 3.18. The molecule has 1 heterocycles. The molecule has 0 fully saturated rings. The molecule has 0 aliphatic heterocycles. The van der Waals surface area contributed by atoms with Crippen LogP contribution in [0.25, 0.3) is 11.3 Å². The van der Waals surface area contributed by atoms with Gasteiger partial charge in [0, 0.05) is 17.4 Å². The van der Waals surface area contributed by atoms with Gasteiger partial charge in [-0.15, -0.1) is 13.2 Å². The standard InChI is InChI=1S/C23H18F3N3O3S/c24-23(25,26)32-20-13-11-19(12-14-20)28-33(30,31)21-16-29(15-17-7-3-1-4-8-17)27-22(21)18-9-5-2-6-10-18/h1-14,16,28H,15H2. The Morgan fingerprint density at radius 2 is 1.48 bits per heavy atom. The van der Waals surface area contributed by atoms with Crippen LogP contribution in [0.1, 0.15) is 5.56 Å². The molecule has 0 saturated carbocycles. The number of alkyl halides is 3. The average molecular weight is 473 g/mol. The molecule has 0 spiro atoms. The number of rotatable bonds is 7. The third kappa shape index (κ3) is 5.72. The van der Waals surface area contributed by atoms with E-state index in [0.29, 0.717) is 12.1 Å². The fraction of sp³-hybridized carbons (Fsp3) is 0.0870.